The van der Waals surface area contributed by atoms with E-state index in [-0.39, 0.29) is 30.0 Å². The Balaban J connectivity index is 1.61. The zero-order chi connectivity index (χ0) is 22.1. The number of carboxylic acids is 1. The number of thiazole rings is 1. The molecule has 2 heterocycles. The van der Waals surface area contributed by atoms with Crippen LogP contribution in [0.2, 0.25) is 10.0 Å². The number of benzene rings is 2. The van der Waals surface area contributed by atoms with Crippen LogP contribution in [0.4, 0.5) is 10.8 Å². The van der Waals surface area contributed by atoms with Gasteiger partial charge in [-0.25, -0.2) is 9.78 Å². The van der Waals surface area contributed by atoms with Crippen LogP contribution in [-0.2, 0) is 17.8 Å². The van der Waals surface area contributed by atoms with Crippen molar-refractivity contribution < 1.29 is 19.6 Å². The second kappa shape index (κ2) is 8.50. The molecule has 0 amide bonds. The van der Waals surface area contributed by atoms with E-state index in [0.29, 0.717) is 32.2 Å². The molecule has 0 bridgehead atoms. The van der Waals surface area contributed by atoms with E-state index in [9.17, 15) is 20.0 Å². The molecule has 1 aliphatic heterocycles. The predicted octanol–water partition coefficient (Wildman–Crippen LogP) is 5.01. The van der Waals surface area contributed by atoms with Crippen molar-refractivity contribution in [2.75, 3.05) is 5.43 Å². The van der Waals surface area contributed by atoms with Gasteiger partial charge in [0.15, 0.2) is 0 Å². The van der Waals surface area contributed by atoms with E-state index in [0.717, 1.165) is 4.88 Å². The molecular weight excluding hydrogens is 467 g/mol. The van der Waals surface area contributed by atoms with E-state index >= 15 is 0 Å². The summed E-state index contributed by atoms with van der Waals surface area (Å²) in [5, 5.41) is 25.6. The number of hydrazone groups is 1. The molecule has 0 unspecified atom stereocenters. The van der Waals surface area contributed by atoms with Crippen LogP contribution < -0.4 is 10.2 Å². The fourth-order valence-electron chi connectivity index (χ4n) is 3.00. The van der Waals surface area contributed by atoms with Gasteiger partial charge in [-0.3, -0.25) is 15.5 Å². The van der Waals surface area contributed by atoms with Crippen LogP contribution in [0.25, 0.3) is 11.3 Å². The zero-order valence-electron chi connectivity index (χ0n) is 15.5. The zero-order valence-corrected chi connectivity index (χ0v) is 17.8. The van der Waals surface area contributed by atoms with Gasteiger partial charge in [-0.1, -0.05) is 52.7 Å². The second-order valence-electron chi connectivity index (χ2n) is 6.36. The highest BCUT2D eigenvalue weighted by molar-refractivity contribution is 7.16. The van der Waals surface area contributed by atoms with Crippen molar-refractivity contribution in [1.82, 2.24) is 4.98 Å². The highest BCUT2D eigenvalue weighted by Gasteiger charge is 2.25. The molecule has 1 aliphatic rings. The Morgan fingerprint density at radius 1 is 1.32 bits per heavy atom. The number of nitro benzene ring substituents is 1. The normalized spacial score (nSPS) is 12.5. The van der Waals surface area contributed by atoms with Gasteiger partial charge in [0.1, 0.15) is 23.1 Å². The number of fused-ring (bicyclic) bond motifs is 3. The molecule has 0 atom stereocenters. The fraction of sp³-hybridized carbons (Fsp3) is 0.105. The van der Waals surface area contributed by atoms with Crippen LogP contribution in [0.1, 0.15) is 10.4 Å². The topological polar surface area (TPSA) is 127 Å². The number of carboxylic acid groups (broad SMARTS) is 1. The van der Waals surface area contributed by atoms with E-state index in [1.165, 1.54) is 29.5 Å². The molecule has 0 fully saturated rings. The van der Waals surface area contributed by atoms with E-state index in [4.69, 9.17) is 27.9 Å². The summed E-state index contributed by atoms with van der Waals surface area (Å²) in [5.74, 6) is -0.869. The van der Waals surface area contributed by atoms with Gasteiger partial charge in [0.05, 0.1) is 20.5 Å². The standard InChI is InChI=1S/C19H12Cl2N4O5S/c20-11-6-5-10-16-14(8-30-17(10)15(11)21)31-19(22-16)24-23-12(18(26)27)7-9-3-1-2-4-13(9)25(28)29/h1-6H,7-8H2,(H,22,24)(H,26,27)/b23-12-. The number of hydrogen-bond acceptors (Lipinski definition) is 8. The summed E-state index contributed by atoms with van der Waals surface area (Å²) in [4.78, 5) is 27.5. The molecular formula is C19H12Cl2N4O5S. The number of anilines is 1. The van der Waals surface area contributed by atoms with Gasteiger partial charge in [0.2, 0.25) is 5.13 Å². The lowest BCUT2D eigenvalue weighted by atomic mass is 10.1. The Bertz CT molecular complexity index is 1240. The number of ether oxygens (including phenoxy) is 1. The van der Waals surface area contributed by atoms with Crippen molar-refractivity contribution >= 4 is 57.0 Å². The largest absolute Gasteiger partial charge is 0.486 e. The number of nitrogens with one attached hydrogen (secondary N) is 1. The average Bonchev–Trinajstić information content (AvgIpc) is 3.17. The minimum absolute atomic E-state index is 0.176. The summed E-state index contributed by atoms with van der Waals surface area (Å²) in [7, 11) is 0. The molecule has 2 aromatic carbocycles. The van der Waals surface area contributed by atoms with Crippen molar-refractivity contribution in [2.45, 2.75) is 13.0 Å². The minimum atomic E-state index is -1.30. The van der Waals surface area contributed by atoms with Gasteiger partial charge in [-0.05, 0) is 12.1 Å². The molecule has 12 heteroatoms. The molecule has 158 valence electrons. The Morgan fingerprint density at radius 2 is 2.10 bits per heavy atom. The van der Waals surface area contributed by atoms with Crippen molar-refractivity contribution in [2.24, 2.45) is 5.10 Å². The summed E-state index contributed by atoms with van der Waals surface area (Å²) in [6.45, 7) is 0.230. The van der Waals surface area contributed by atoms with E-state index < -0.39 is 10.9 Å². The molecule has 1 aromatic heterocycles. The van der Waals surface area contributed by atoms with Crippen LogP contribution in [0.15, 0.2) is 41.5 Å². The van der Waals surface area contributed by atoms with Crippen LogP contribution in [0.3, 0.4) is 0 Å². The molecule has 0 saturated carbocycles. The van der Waals surface area contributed by atoms with Gasteiger partial charge in [-0.15, -0.1) is 0 Å². The predicted molar refractivity (Wildman–Crippen MR) is 117 cm³/mol. The third kappa shape index (κ3) is 4.18. The number of aromatic nitrogens is 1. The number of para-hydroxylation sites is 1. The van der Waals surface area contributed by atoms with Crippen molar-refractivity contribution in [1.29, 1.82) is 0 Å². The number of aliphatic carboxylic acids is 1. The third-order valence-electron chi connectivity index (χ3n) is 4.43. The van der Waals surface area contributed by atoms with Gasteiger partial charge < -0.3 is 9.84 Å². The summed E-state index contributed by atoms with van der Waals surface area (Å²) in [5.41, 5.74) is 3.71. The molecule has 3 aromatic rings. The quantitative estimate of drug-likeness (QED) is 0.289. The first-order chi connectivity index (χ1) is 14.8. The fourth-order valence-corrected chi connectivity index (χ4v) is 4.20. The summed E-state index contributed by atoms with van der Waals surface area (Å²) in [6, 6.07) is 9.29. The molecule has 0 spiro atoms. The Kier molecular flexibility index (Phi) is 5.77. The molecule has 2 N–H and O–H groups in total. The first-order valence-electron chi connectivity index (χ1n) is 8.74. The summed E-state index contributed by atoms with van der Waals surface area (Å²) >= 11 is 13.5. The van der Waals surface area contributed by atoms with Crippen molar-refractivity contribution in [3.8, 4) is 17.0 Å². The number of rotatable bonds is 6. The van der Waals surface area contributed by atoms with E-state index in [2.05, 4.69) is 15.5 Å². The van der Waals surface area contributed by atoms with Crippen LogP contribution in [-0.4, -0.2) is 26.7 Å². The minimum Gasteiger partial charge on any atom is -0.486 e. The third-order valence-corrected chi connectivity index (χ3v) is 6.15. The van der Waals surface area contributed by atoms with E-state index in [1.54, 1.807) is 18.2 Å². The number of halogens is 2. The lowest BCUT2D eigenvalue weighted by molar-refractivity contribution is -0.385. The molecule has 4 rings (SSSR count). The average molecular weight is 479 g/mol. The Labute approximate surface area is 189 Å². The Hall–Kier alpha value is -3.21. The lowest BCUT2D eigenvalue weighted by Crippen LogP contribution is -2.18. The first kappa shape index (κ1) is 21.0. The first-order valence-corrected chi connectivity index (χ1v) is 10.3. The summed E-state index contributed by atoms with van der Waals surface area (Å²) < 4.78 is 5.69. The number of hydrogen-bond donors (Lipinski definition) is 2. The SMILES string of the molecule is O=C(O)/C(Cc1ccccc1[N+](=O)[O-])=N\Nc1nc2c(s1)COc1c-2ccc(Cl)c1Cl. The van der Waals surface area contributed by atoms with Crippen LogP contribution >= 0.6 is 34.5 Å². The number of carbonyl (C=O) groups is 1. The maximum absolute atomic E-state index is 11.6. The summed E-state index contributed by atoms with van der Waals surface area (Å²) in [6.07, 6.45) is -0.232. The van der Waals surface area contributed by atoms with Crippen LogP contribution in [0.5, 0.6) is 5.75 Å². The Morgan fingerprint density at radius 3 is 2.84 bits per heavy atom. The molecule has 31 heavy (non-hydrogen) atoms. The molecule has 0 saturated heterocycles. The van der Waals surface area contributed by atoms with Crippen molar-refractivity contribution in [3.05, 3.63) is 67.0 Å². The maximum atomic E-state index is 11.6. The lowest BCUT2D eigenvalue weighted by Gasteiger charge is -2.17. The van der Waals surface area contributed by atoms with Crippen LogP contribution in [0, 0.1) is 10.1 Å². The second-order valence-corrected chi connectivity index (χ2v) is 8.22. The van der Waals surface area contributed by atoms with Gasteiger partial charge in [0.25, 0.3) is 5.69 Å². The van der Waals surface area contributed by atoms with Gasteiger partial charge in [0, 0.05) is 23.6 Å². The molecule has 0 aliphatic carbocycles. The smallest absolute Gasteiger partial charge is 0.352 e. The van der Waals surface area contributed by atoms with Gasteiger partial charge in [-0.2, -0.15) is 5.10 Å². The molecule has 9 nitrogen and oxygen atoms in total. The van der Waals surface area contributed by atoms with Gasteiger partial charge >= 0.3 is 5.97 Å². The highest BCUT2D eigenvalue weighted by atomic mass is 35.5. The molecule has 0 radical (unpaired) electrons. The monoisotopic (exact) mass is 478 g/mol. The maximum Gasteiger partial charge on any atom is 0.352 e. The number of nitro groups is 1. The number of nitrogens with zero attached hydrogens (tertiary/aromatic N) is 3. The van der Waals surface area contributed by atoms with E-state index in [1.807, 2.05) is 0 Å². The van der Waals surface area contributed by atoms with Crippen molar-refractivity contribution in [3.63, 3.8) is 0 Å². The highest BCUT2D eigenvalue weighted by Crippen LogP contribution is 2.46.